The summed E-state index contributed by atoms with van der Waals surface area (Å²) in [6, 6.07) is 23.6. The van der Waals surface area contributed by atoms with Gasteiger partial charge in [0.1, 0.15) is 12.4 Å². The molecule has 0 N–H and O–H groups in total. The quantitative estimate of drug-likeness (QED) is 0.484. The zero-order chi connectivity index (χ0) is 20.5. The van der Waals surface area contributed by atoms with Crippen LogP contribution in [0.15, 0.2) is 72.1 Å². The van der Waals surface area contributed by atoms with Crippen molar-refractivity contribution in [3.8, 4) is 11.8 Å². The van der Waals surface area contributed by atoms with Gasteiger partial charge >= 0.3 is 0 Å². The predicted molar refractivity (Wildman–Crippen MR) is 117 cm³/mol. The Morgan fingerprint density at radius 3 is 2.69 bits per heavy atom. The maximum atomic E-state index is 13.0. The van der Waals surface area contributed by atoms with Crippen molar-refractivity contribution in [2.45, 2.75) is 13.0 Å². The van der Waals surface area contributed by atoms with Crippen molar-refractivity contribution in [3.05, 3.63) is 88.1 Å². The standard InChI is InChI=1S/C24H22N2O2S/c1-26(14-7-13-25)24(27)22(23-12-6-15-29-23)17-20-10-5-11-21(16-20)28-18-19-8-3-2-4-9-19/h2-6,8-12,15-17H,7,14,18H2,1H3. The summed E-state index contributed by atoms with van der Waals surface area (Å²) in [5.41, 5.74) is 2.60. The second-order valence-electron chi connectivity index (χ2n) is 6.52. The fourth-order valence-electron chi connectivity index (χ4n) is 2.80. The molecule has 0 saturated heterocycles. The first-order chi connectivity index (χ1) is 14.2. The number of nitriles is 1. The number of hydrogen-bond donors (Lipinski definition) is 0. The van der Waals surface area contributed by atoms with Gasteiger partial charge in [0.25, 0.3) is 5.91 Å². The van der Waals surface area contributed by atoms with Crippen molar-refractivity contribution < 1.29 is 9.53 Å². The second kappa shape index (κ2) is 10.3. The monoisotopic (exact) mass is 402 g/mol. The lowest BCUT2D eigenvalue weighted by Crippen LogP contribution is -2.28. The Morgan fingerprint density at radius 1 is 1.14 bits per heavy atom. The van der Waals surface area contributed by atoms with E-state index in [1.54, 1.807) is 11.9 Å². The van der Waals surface area contributed by atoms with Crippen LogP contribution in [0.1, 0.15) is 22.4 Å². The van der Waals surface area contributed by atoms with Crippen LogP contribution in [0, 0.1) is 11.3 Å². The first kappa shape index (κ1) is 20.4. The lowest BCUT2D eigenvalue weighted by Gasteiger charge is -2.17. The molecule has 3 aromatic rings. The number of nitrogens with zero attached hydrogens (tertiary/aromatic N) is 2. The van der Waals surface area contributed by atoms with Crippen LogP contribution in [0.25, 0.3) is 11.6 Å². The van der Waals surface area contributed by atoms with E-state index in [1.165, 1.54) is 11.3 Å². The molecule has 146 valence electrons. The molecular formula is C24H22N2O2S. The van der Waals surface area contributed by atoms with Gasteiger partial charge in [0.15, 0.2) is 0 Å². The molecule has 0 fully saturated rings. The molecule has 0 aliphatic rings. The lowest BCUT2D eigenvalue weighted by molar-refractivity contribution is -0.123. The summed E-state index contributed by atoms with van der Waals surface area (Å²) < 4.78 is 5.91. The van der Waals surface area contributed by atoms with E-state index >= 15 is 0 Å². The van der Waals surface area contributed by atoms with Crippen LogP contribution >= 0.6 is 11.3 Å². The Kier molecular flexibility index (Phi) is 7.21. The van der Waals surface area contributed by atoms with E-state index in [2.05, 4.69) is 6.07 Å². The molecule has 5 heteroatoms. The molecule has 4 nitrogen and oxygen atoms in total. The van der Waals surface area contributed by atoms with E-state index in [4.69, 9.17) is 10.00 Å². The average Bonchev–Trinajstić information content (AvgIpc) is 3.29. The van der Waals surface area contributed by atoms with Crippen LogP contribution in [0.2, 0.25) is 0 Å². The van der Waals surface area contributed by atoms with Gasteiger partial charge in [0.05, 0.1) is 18.1 Å². The van der Waals surface area contributed by atoms with Crippen molar-refractivity contribution in [3.63, 3.8) is 0 Å². The number of amides is 1. The van der Waals surface area contributed by atoms with Crippen LogP contribution in [-0.2, 0) is 11.4 Å². The SMILES string of the molecule is CN(CCC#N)C(=O)C(=Cc1cccc(OCc2ccccc2)c1)c1cccs1. The molecule has 0 unspecified atom stereocenters. The summed E-state index contributed by atoms with van der Waals surface area (Å²) in [6.45, 7) is 0.889. The molecule has 3 rings (SSSR count). The fourth-order valence-corrected chi connectivity index (χ4v) is 3.53. The molecule has 0 saturated carbocycles. The molecule has 0 aliphatic carbocycles. The molecule has 1 amide bonds. The van der Waals surface area contributed by atoms with E-state index in [1.807, 2.05) is 78.2 Å². The smallest absolute Gasteiger partial charge is 0.255 e. The maximum absolute atomic E-state index is 13.0. The van der Waals surface area contributed by atoms with Gasteiger partial charge in [-0.1, -0.05) is 48.5 Å². The van der Waals surface area contributed by atoms with E-state index in [0.29, 0.717) is 25.1 Å². The Labute approximate surface area is 175 Å². The average molecular weight is 403 g/mol. The Hall–Kier alpha value is -3.36. The van der Waals surface area contributed by atoms with Gasteiger partial charge in [-0.15, -0.1) is 11.3 Å². The number of ether oxygens (including phenoxy) is 1. The minimum absolute atomic E-state index is 0.0988. The number of rotatable bonds is 8. The summed E-state index contributed by atoms with van der Waals surface area (Å²) in [4.78, 5) is 15.5. The number of carbonyl (C=O) groups excluding carboxylic acids is 1. The van der Waals surface area contributed by atoms with Crippen LogP contribution in [0.5, 0.6) is 5.75 Å². The summed E-state index contributed by atoms with van der Waals surface area (Å²) in [5, 5.41) is 10.8. The highest BCUT2D eigenvalue weighted by Crippen LogP contribution is 2.26. The summed E-state index contributed by atoms with van der Waals surface area (Å²) in [5.74, 6) is 0.650. The molecule has 0 radical (unpaired) electrons. The Balaban J connectivity index is 1.82. The zero-order valence-electron chi connectivity index (χ0n) is 16.2. The lowest BCUT2D eigenvalue weighted by atomic mass is 10.1. The van der Waals surface area contributed by atoms with E-state index in [9.17, 15) is 4.79 Å². The van der Waals surface area contributed by atoms with Crippen LogP contribution in [0.4, 0.5) is 0 Å². The summed E-state index contributed by atoms with van der Waals surface area (Å²) in [6.07, 6.45) is 2.19. The second-order valence-corrected chi connectivity index (χ2v) is 7.46. The molecule has 1 aromatic heterocycles. The third-order valence-electron chi connectivity index (χ3n) is 4.34. The van der Waals surface area contributed by atoms with E-state index in [-0.39, 0.29) is 5.91 Å². The molecule has 29 heavy (non-hydrogen) atoms. The molecule has 2 aromatic carbocycles. The summed E-state index contributed by atoms with van der Waals surface area (Å²) in [7, 11) is 1.72. The van der Waals surface area contributed by atoms with Crippen molar-refractivity contribution in [2.24, 2.45) is 0 Å². The largest absolute Gasteiger partial charge is 0.489 e. The van der Waals surface area contributed by atoms with Crippen molar-refractivity contribution >= 4 is 28.9 Å². The van der Waals surface area contributed by atoms with Gasteiger partial charge in [-0.2, -0.15) is 5.26 Å². The Morgan fingerprint density at radius 2 is 1.97 bits per heavy atom. The van der Waals surface area contributed by atoms with Crippen molar-refractivity contribution in [2.75, 3.05) is 13.6 Å². The topological polar surface area (TPSA) is 53.3 Å². The highest BCUT2D eigenvalue weighted by atomic mass is 32.1. The summed E-state index contributed by atoms with van der Waals surface area (Å²) >= 11 is 1.52. The van der Waals surface area contributed by atoms with Gasteiger partial charge in [0.2, 0.25) is 0 Å². The van der Waals surface area contributed by atoms with Crippen LogP contribution < -0.4 is 4.74 Å². The highest BCUT2D eigenvalue weighted by Gasteiger charge is 2.17. The van der Waals surface area contributed by atoms with E-state index in [0.717, 1.165) is 21.8 Å². The van der Waals surface area contributed by atoms with Gasteiger partial charge < -0.3 is 9.64 Å². The molecule has 0 aliphatic heterocycles. The highest BCUT2D eigenvalue weighted by molar-refractivity contribution is 7.11. The van der Waals surface area contributed by atoms with Gasteiger partial charge in [-0.05, 0) is 40.8 Å². The minimum Gasteiger partial charge on any atom is -0.489 e. The number of benzene rings is 2. The normalized spacial score (nSPS) is 11.0. The Bertz CT molecular complexity index is 1000. The van der Waals surface area contributed by atoms with Gasteiger partial charge in [-0.3, -0.25) is 4.79 Å². The van der Waals surface area contributed by atoms with Crippen LogP contribution in [-0.4, -0.2) is 24.4 Å². The van der Waals surface area contributed by atoms with Gasteiger partial charge in [0, 0.05) is 18.5 Å². The zero-order valence-corrected chi connectivity index (χ0v) is 17.1. The third-order valence-corrected chi connectivity index (χ3v) is 5.24. The first-order valence-electron chi connectivity index (χ1n) is 9.32. The molecule has 0 bridgehead atoms. The van der Waals surface area contributed by atoms with Crippen molar-refractivity contribution in [1.82, 2.24) is 4.90 Å². The molecular weight excluding hydrogens is 380 g/mol. The van der Waals surface area contributed by atoms with E-state index < -0.39 is 0 Å². The number of likely N-dealkylation sites (N-methyl/N-ethyl adjacent to an activating group) is 1. The minimum atomic E-state index is -0.0988. The fraction of sp³-hybridized carbons (Fsp3) is 0.167. The van der Waals surface area contributed by atoms with Crippen molar-refractivity contribution in [1.29, 1.82) is 5.26 Å². The first-order valence-corrected chi connectivity index (χ1v) is 10.2. The van der Waals surface area contributed by atoms with Crippen LogP contribution in [0.3, 0.4) is 0 Å². The predicted octanol–water partition coefficient (Wildman–Crippen LogP) is 5.24. The molecule has 0 atom stereocenters. The number of hydrogen-bond acceptors (Lipinski definition) is 4. The number of carbonyl (C=O) groups is 1. The van der Waals surface area contributed by atoms with Gasteiger partial charge in [-0.25, -0.2) is 0 Å². The maximum Gasteiger partial charge on any atom is 0.255 e. The molecule has 1 heterocycles. The molecule has 0 spiro atoms. The number of thiophene rings is 1. The third kappa shape index (κ3) is 5.81.